The summed E-state index contributed by atoms with van der Waals surface area (Å²) in [6.07, 6.45) is 9.07. The third kappa shape index (κ3) is 5.03. The molecule has 0 radical (unpaired) electrons. The third-order valence-electron chi connectivity index (χ3n) is 8.06. The molecular formula is C25H33F2N5O3. The smallest absolute Gasteiger partial charge is 0.320 e. The maximum atomic E-state index is 13.9. The Morgan fingerprint density at radius 3 is 2.69 bits per heavy atom. The van der Waals surface area contributed by atoms with Gasteiger partial charge < -0.3 is 19.9 Å². The molecule has 1 saturated carbocycles. The molecule has 35 heavy (non-hydrogen) atoms. The topological polar surface area (TPSA) is 87.7 Å². The van der Waals surface area contributed by atoms with Crippen LogP contribution in [0.2, 0.25) is 0 Å². The Balaban J connectivity index is 1.07. The molecule has 190 valence electrons. The number of nitrogens with zero attached hydrogens (tertiary/aromatic N) is 4. The van der Waals surface area contributed by atoms with Gasteiger partial charge in [-0.2, -0.15) is 8.78 Å². The number of ether oxygens (including phenoxy) is 1. The molecule has 2 atom stereocenters. The van der Waals surface area contributed by atoms with Gasteiger partial charge in [-0.25, -0.2) is 4.79 Å². The number of hydrogen-bond donors (Lipinski definition) is 1. The van der Waals surface area contributed by atoms with E-state index in [-0.39, 0.29) is 41.8 Å². The van der Waals surface area contributed by atoms with Gasteiger partial charge in [-0.1, -0.05) is 6.08 Å². The lowest BCUT2D eigenvalue weighted by Crippen LogP contribution is -2.66. The van der Waals surface area contributed by atoms with E-state index in [0.717, 1.165) is 57.3 Å². The van der Waals surface area contributed by atoms with Gasteiger partial charge in [-0.15, -0.1) is 6.58 Å². The van der Waals surface area contributed by atoms with Crippen LogP contribution in [0.15, 0.2) is 25.0 Å². The summed E-state index contributed by atoms with van der Waals surface area (Å²) in [4.78, 5) is 36.6. The molecule has 3 amide bonds. The van der Waals surface area contributed by atoms with E-state index >= 15 is 0 Å². The largest absolute Gasteiger partial charge is 0.366 e. The van der Waals surface area contributed by atoms with Crippen molar-refractivity contribution < 1.29 is 23.1 Å². The number of fused-ring (bicyclic) bond motifs is 1. The zero-order valence-corrected chi connectivity index (χ0v) is 19.9. The van der Waals surface area contributed by atoms with E-state index < -0.39 is 12.3 Å². The van der Waals surface area contributed by atoms with Crippen molar-refractivity contribution in [1.29, 1.82) is 0 Å². The van der Waals surface area contributed by atoms with Crippen molar-refractivity contribution in [2.24, 2.45) is 11.3 Å². The molecule has 1 N–H and O–H groups in total. The first-order valence-corrected chi connectivity index (χ1v) is 12.5. The number of piperidine rings is 1. The number of halogens is 2. The van der Waals surface area contributed by atoms with E-state index in [4.69, 9.17) is 4.74 Å². The molecule has 4 aliphatic rings. The summed E-state index contributed by atoms with van der Waals surface area (Å²) in [5, 5.41) is 2.95. The molecule has 1 aromatic heterocycles. The maximum Gasteiger partial charge on any atom is 0.320 e. The lowest BCUT2D eigenvalue weighted by molar-refractivity contribution is -0.140. The highest BCUT2D eigenvalue weighted by Crippen LogP contribution is 2.46. The van der Waals surface area contributed by atoms with E-state index in [1.54, 1.807) is 0 Å². The van der Waals surface area contributed by atoms with Gasteiger partial charge in [0.2, 0.25) is 5.91 Å². The normalized spacial score (nSPS) is 26.6. The zero-order chi connectivity index (χ0) is 24.6. The quantitative estimate of drug-likeness (QED) is 0.643. The first kappa shape index (κ1) is 24.1. The third-order valence-corrected chi connectivity index (χ3v) is 8.06. The summed E-state index contributed by atoms with van der Waals surface area (Å²) in [6, 6.07) is -0.0651. The minimum absolute atomic E-state index is 0.000659. The predicted octanol–water partition coefficient (Wildman–Crippen LogP) is 2.89. The molecule has 3 saturated heterocycles. The second-order valence-corrected chi connectivity index (χ2v) is 10.6. The molecule has 4 heterocycles. The number of morpholine rings is 1. The van der Waals surface area contributed by atoms with Gasteiger partial charge in [-0.05, 0) is 44.4 Å². The Morgan fingerprint density at radius 2 is 2.00 bits per heavy atom. The number of aromatic nitrogens is 2. The molecule has 0 unspecified atom stereocenters. The number of hydrogen-bond acceptors (Lipinski definition) is 5. The fourth-order valence-corrected chi connectivity index (χ4v) is 6.01. The Labute approximate surface area is 204 Å². The van der Waals surface area contributed by atoms with Crippen LogP contribution in [0.5, 0.6) is 0 Å². The minimum atomic E-state index is -3.04. The van der Waals surface area contributed by atoms with Crippen molar-refractivity contribution in [1.82, 2.24) is 25.1 Å². The Morgan fingerprint density at radius 1 is 1.23 bits per heavy atom. The number of amides is 3. The highest BCUT2D eigenvalue weighted by Gasteiger charge is 2.48. The monoisotopic (exact) mass is 489 g/mol. The molecule has 1 aliphatic carbocycles. The SMILES string of the molecule is C=CCC(F)(F)c1cnc(CC2CCC3(CC2)CN(C(=O)N2CC[C@@H]4OCC(=O)N[C@@H]4C2)C3)cn1. The van der Waals surface area contributed by atoms with E-state index in [0.29, 0.717) is 19.0 Å². The molecular weight excluding hydrogens is 456 g/mol. The van der Waals surface area contributed by atoms with Crippen LogP contribution in [0.4, 0.5) is 13.6 Å². The van der Waals surface area contributed by atoms with Crippen LogP contribution < -0.4 is 5.32 Å². The summed E-state index contributed by atoms with van der Waals surface area (Å²) < 4.78 is 33.5. The van der Waals surface area contributed by atoms with E-state index in [1.165, 1.54) is 18.5 Å². The lowest BCUT2D eigenvalue weighted by Gasteiger charge is -2.55. The summed E-state index contributed by atoms with van der Waals surface area (Å²) in [7, 11) is 0. The second-order valence-electron chi connectivity index (χ2n) is 10.6. The first-order chi connectivity index (χ1) is 16.8. The molecule has 4 fully saturated rings. The number of alkyl halides is 2. The summed E-state index contributed by atoms with van der Waals surface area (Å²) >= 11 is 0. The van der Waals surface area contributed by atoms with Gasteiger partial charge in [0.25, 0.3) is 5.92 Å². The number of likely N-dealkylation sites (tertiary alicyclic amines) is 2. The van der Waals surface area contributed by atoms with Crippen LogP contribution in [0.1, 0.15) is 49.9 Å². The molecule has 1 aromatic rings. The fourth-order valence-electron chi connectivity index (χ4n) is 6.01. The van der Waals surface area contributed by atoms with Gasteiger partial charge in [-0.3, -0.25) is 14.8 Å². The van der Waals surface area contributed by atoms with Gasteiger partial charge in [0.1, 0.15) is 12.3 Å². The number of allylic oxidation sites excluding steroid dienone is 1. The van der Waals surface area contributed by atoms with Crippen LogP contribution >= 0.6 is 0 Å². The fraction of sp³-hybridized carbons (Fsp3) is 0.680. The van der Waals surface area contributed by atoms with Gasteiger partial charge in [0.15, 0.2) is 0 Å². The Hall–Kier alpha value is -2.62. The molecule has 8 nitrogen and oxygen atoms in total. The second kappa shape index (κ2) is 9.44. The van der Waals surface area contributed by atoms with Crippen LogP contribution in [0.3, 0.4) is 0 Å². The number of carbonyl (C=O) groups is 2. The predicted molar refractivity (Wildman–Crippen MR) is 124 cm³/mol. The summed E-state index contributed by atoms with van der Waals surface area (Å²) in [5.41, 5.74) is 0.622. The average molecular weight is 490 g/mol. The molecule has 5 rings (SSSR count). The molecule has 3 aliphatic heterocycles. The Kier molecular flexibility index (Phi) is 6.50. The van der Waals surface area contributed by atoms with Crippen molar-refractivity contribution in [2.45, 2.75) is 63.0 Å². The average Bonchev–Trinajstić information content (AvgIpc) is 2.82. The highest BCUT2D eigenvalue weighted by molar-refractivity contribution is 5.79. The number of rotatable bonds is 5. The Bertz CT molecular complexity index is 956. The van der Waals surface area contributed by atoms with Crippen LogP contribution in [0, 0.1) is 11.3 Å². The van der Waals surface area contributed by atoms with Crippen molar-refractivity contribution in [3.63, 3.8) is 0 Å². The molecule has 0 bridgehead atoms. The first-order valence-electron chi connectivity index (χ1n) is 12.5. The van der Waals surface area contributed by atoms with E-state index in [2.05, 4.69) is 21.9 Å². The van der Waals surface area contributed by atoms with E-state index in [1.807, 2.05) is 9.80 Å². The van der Waals surface area contributed by atoms with Crippen LogP contribution in [-0.4, -0.2) is 76.6 Å². The minimum Gasteiger partial charge on any atom is -0.366 e. The zero-order valence-electron chi connectivity index (χ0n) is 19.9. The lowest BCUT2D eigenvalue weighted by atomic mass is 9.65. The van der Waals surface area contributed by atoms with Crippen LogP contribution in [0.25, 0.3) is 0 Å². The molecule has 10 heteroatoms. The van der Waals surface area contributed by atoms with Gasteiger partial charge >= 0.3 is 6.03 Å². The van der Waals surface area contributed by atoms with Crippen molar-refractivity contribution in [3.05, 3.63) is 36.4 Å². The van der Waals surface area contributed by atoms with Crippen molar-refractivity contribution in [3.8, 4) is 0 Å². The van der Waals surface area contributed by atoms with Crippen molar-refractivity contribution in [2.75, 3.05) is 32.8 Å². The molecule has 1 spiro atoms. The molecule has 0 aromatic carbocycles. The van der Waals surface area contributed by atoms with Gasteiger partial charge in [0, 0.05) is 44.2 Å². The number of carbonyl (C=O) groups excluding carboxylic acids is 2. The van der Waals surface area contributed by atoms with Crippen molar-refractivity contribution >= 4 is 11.9 Å². The summed E-state index contributed by atoms with van der Waals surface area (Å²) in [6.45, 7) is 6.19. The summed E-state index contributed by atoms with van der Waals surface area (Å²) in [5.74, 6) is -2.70. The standard InChI is InChI=1S/C25H33F2N5O3/c1-2-6-25(26,27)21-12-28-18(11-29-21)10-17-3-7-24(8-4-17)15-32(16-24)23(34)31-9-5-20-19(13-31)30-22(33)14-35-20/h2,11-12,17,19-20H,1,3-10,13-16H2,(H,30,33)/t19-,20+/m1/s1. The van der Waals surface area contributed by atoms with Gasteiger partial charge in [0.05, 0.1) is 24.0 Å². The highest BCUT2D eigenvalue weighted by atomic mass is 19.3. The van der Waals surface area contributed by atoms with E-state index in [9.17, 15) is 18.4 Å². The number of nitrogens with one attached hydrogen (secondary N) is 1. The maximum absolute atomic E-state index is 13.9. The van der Waals surface area contributed by atoms with Crippen LogP contribution in [-0.2, 0) is 21.9 Å². The number of urea groups is 1.